The molecule has 0 N–H and O–H groups in total. The number of Topliss-reactive ketones (excluding diaryl/α,β-unsaturated/α-hetero) is 1. The highest BCUT2D eigenvalue weighted by Crippen LogP contribution is 2.64. The van der Waals surface area contributed by atoms with E-state index in [4.69, 9.17) is 0 Å². The maximum absolute atomic E-state index is 13.5. The van der Waals surface area contributed by atoms with Crippen molar-refractivity contribution in [1.29, 1.82) is 0 Å². The van der Waals surface area contributed by atoms with Gasteiger partial charge in [0.05, 0.1) is 6.20 Å². The molecule has 32 heavy (non-hydrogen) atoms. The summed E-state index contributed by atoms with van der Waals surface area (Å²) in [6, 6.07) is 1.86. The summed E-state index contributed by atoms with van der Waals surface area (Å²) in [5.41, 5.74) is 1.77. The Morgan fingerprint density at radius 1 is 1.03 bits per heavy atom. The molecule has 4 saturated carbocycles. The predicted octanol–water partition coefficient (Wildman–Crippen LogP) is 5.69. The largest absolute Gasteiger partial charge is 0.297 e. The standard InChI is InChI=1S/C27H38N4O/c1-3-17-4-6-19-18(14-17)5-7-21-20(19)10-12-27(2)22(21)8-9-23(27)26(32)16-31-29-24-11-13-28-15-25(24)30-31/h11,13,15,17-23H,3-10,12,14,16H2,1-2H3. The Balaban J connectivity index is 1.17. The maximum atomic E-state index is 13.5. The van der Waals surface area contributed by atoms with E-state index in [-0.39, 0.29) is 11.3 Å². The summed E-state index contributed by atoms with van der Waals surface area (Å²) in [5.74, 6) is 6.02. The van der Waals surface area contributed by atoms with Crippen LogP contribution in [0.25, 0.3) is 11.0 Å². The summed E-state index contributed by atoms with van der Waals surface area (Å²) in [6.07, 6.45) is 17.0. The lowest BCUT2D eigenvalue weighted by molar-refractivity contribution is -0.131. The average Bonchev–Trinajstić information content (AvgIpc) is 3.38. The van der Waals surface area contributed by atoms with Crippen LogP contribution < -0.4 is 0 Å². The molecule has 172 valence electrons. The number of aromatic nitrogens is 4. The normalized spacial score (nSPS) is 41.1. The topological polar surface area (TPSA) is 60.7 Å². The zero-order valence-electron chi connectivity index (χ0n) is 19.7. The fourth-order valence-corrected chi connectivity index (χ4v) is 8.98. The van der Waals surface area contributed by atoms with Gasteiger partial charge in [0.25, 0.3) is 0 Å². The number of carbonyl (C=O) groups excluding carboxylic acids is 1. The number of hydrogen-bond acceptors (Lipinski definition) is 4. The molecule has 6 rings (SSSR count). The summed E-state index contributed by atoms with van der Waals surface area (Å²) in [6.45, 7) is 5.15. The number of ketones is 1. The van der Waals surface area contributed by atoms with Crippen LogP contribution in [0.4, 0.5) is 0 Å². The molecular weight excluding hydrogens is 396 g/mol. The van der Waals surface area contributed by atoms with Gasteiger partial charge < -0.3 is 0 Å². The van der Waals surface area contributed by atoms with Gasteiger partial charge in [-0.2, -0.15) is 15.0 Å². The number of rotatable bonds is 4. The Bertz CT molecular complexity index is 967. The van der Waals surface area contributed by atoms with Gasteiger partial charge >= 0.3 is 0 Å². The Morgan fingerprint density at radius 3 is 2.72 bits per heavy atom. The molecule has 2 heterocycles. The highest BCUT2D eigenvalue weighted by molar-refractivity contribution is 5.82. The van der Waals surface area contributed by atoms with Crippen LogP contribution in [0.5, 0.6) is 0 Å². The Morgan fingerprint density at radius 2 is 1.88 bits per heavy atom. The minimum atomic E-state index is 0.175. The summed E-state index contributed by atoms with van der Waals surface area (Å²) in [5, 5.41) is 9.02. The van der Waals surface area contributed by atoms with Crippen LogP contribution in [0.3, 0.4) is 0 Å². The Labute approximate surface area is 191 Å². The van der Waals surface area contributed by atoms with Crippen molar-refractivity contribution in [2.45, 2.75) is 84.6 Å². The Hall–Kier alpha value is -1.78. The van der Waals surface area contributed by atoms with Gasteiger partial charge in [-0.3, -0.25) is 9.78 Å². The van der Waals surface area contributed by atoms with E-state index in [0.717, 1.165) is 53.0 Å². The van der Waals surface area contributed by atoms with E-state index in [2.05, 4.69) is 29.0 Å². The van der Waals surface area contributed by atoms with E-state index in [1.54, 1.807) is 17.2 Å². The lowest BCUT2D eigenvalue weighted by atomic mass is 9.49. The summed E-state index contributed by atoms with van der Waals surface area (Å²) >= 11 is 0. The van der Waals surface area contributed by atoms with Crippen LogP contribution in [0.2, 0.25) is 0 Å². The summed E-state index contributed by atoms with van der Waals surface area (Å²) < 4.78 is 0. The van der Waals surface area contributed by atoms with Crippen molar-refractivity contribution in [1.82, 2.24) is 20.0 Å². The average molecular weight is 435 g/mol. The van der Waals surface area contributed by atoms with E-state index in [1.807, 2.05) is 6.07 Å². The molecule has 2 aromatic rings. The third-order valence-electron chi connectivity index (χ3n) is 10.6. The zero-order chi connectivity index (χ0) is 21.9. The highest BCUT2D eigenvalue weighted by Gasteiger charge is 2.58. The summed E-state index contributed by atoms with van der Waals surface area (Å²) in [7, 11) is 0. The minimum absolute atomic E-state index is 0.175. The third-order valence-corrected chi connectivity index (χ3v) is 10.6. The van der Waals surface area contributed by atoms with Crippen molar-refractivity contribution in [3.63, 3.8) is 0 Å². The van der Waals surface area contributed by atoms with Crippen LogP contribution >= 0.6 is 0 Å². The molecule has 4 aliphatic carbocycles. The molecule has 4 fully saturated rings. The molecule has 8 atom stereocenters. The molecule has 8 unspecified atom stereocenters. The van der Waals surface area contributed by atoms with E-state index in [0.29, 0.717) is 12.3 Å². The second-order valence-corrected chi connectivity index (χ2v) is 11.8. The molecule has 4 aliphatic rings. The number of fused-ring (bicyclic) bond motifs is 6. The maximum Gasteiger partial charge on any atom is 0.159 e. The van der Waals surface area contributed by atoms with Gasteiger partial charge in [0.1, 0.15) is 17.6 Å². The molecule has 5 nitrogen and oxygen atoms in total. The molecule has 0 aliphatic heterocycles. The van der Waals surface area contributed by atoms with Crippen molar-refractivity contribution < 1.29 is 4.79 Å². The van der Waals surface area contributed by atoms with Gasteiger partial charge in [-0.15, -0.1) is 0 Å². The fraction of sp³-hybridized carbons (Fsp3) is 0.778. The SMILES string of the molecule is CCC1CCC2C(CCC3C2CCC2(C)C(C(=O)Cn4nc5ccncc5n4)CCC32)C1. The van der Waals surface area contributed by atoms with Gasteiger partial charge in [0, 0.05) is 12.1 Å². The van der Waals surface area contributed by atoms with Gasteiger partial charge in [0.2, 0.25) is 0 Å². The molecule has 0 radical (unpaired) electrons. The van der Waals surface area contributed by atoms with Gasteiger partial charge in [-0.1, -0.05) is 26.7 Å². The van der Waals surface area contributed by atoms with Gasteiger partial charge in [0.15, 0.2) is 5.78 Å². The zero-order valence-corrected chi connectivity index (χ0v) is 19.7. The molecule has 0 saturated heterocycles. The molecule has 2 aromatic heterocycles. The first kappa shape index (κ1) is 20.8. The lowest BCUT2D eigenvalue weighted by Gasteiger charge is -2.56. The lowest BCUT2D eigenvalue weighted by Crippen LogP contribution is -2.49. The predicted molar refractivity (Wildman–Crippen MR) is 125 cm³/mol. The number of hydrogen-bond donors (Lipinski definition) is 0. The molecule has 5 heteroatoms. The number of pyridine rings is 1. The first-order valence-corrected chi connectivity index (χ1v) is 13.2. The smallest absolute Gasteiger partial charge is 0.159 e. The highest BCUT2D eigenvalue weighted by atomic mass is 16.1. The van der Waals surface area contributed by atoms with E-state index in [9.17, 15) is 4.79 Å². The monoisotopic (exact) mass is 434 g/mol. The molecule has 0 aromatic carbocycles. The van der Waals surface area contributed by atoms with Crippen molar-refractivity contribution in [3.8, 4) is 0 Å². The second-order valence-electron chi connectivity index (χ2n) is 11.8. The molecule has 0 amide bonds. The van der Waals surface area contributed by atoms with E-state index < -0.39 is 0 Å². The van der Waals surface area contributed by atoms with E-state index >= 15 is 0 Å². The van der Waals surface area contributed by atoms with E-state index in [1.165, 1.54) is 57.8 Å². The van der Waals surface area contributed by atoms with Gasteiger partial charge in [-0.25, -0.2) is 0 Å². The molecule has 0 bridgehead atoms. The van der Waals surface area contributed by atoms with Crippen molar-refractivity contribution >= 4 is 16.8 Å². The third kappa shape index (κ3) is 3.25. The minimum Gasteiger partial charge on any atom is -0.297 e. The first-order valence-electron chi connectivity index (χ1n) is 13.2. The van der Waals surface area contributed by atoms with Gasteiger partial charge in [-0.05, 0) is 98.4 Å². The number of nitrogens with zero attached hydrogens (tertiary/aromatic N) is 4. The van der Waals surface area contributed by atoms with Crippen LogP contribution in [-0.4, -0.2) is 25.8 Å². The van der Waals surface area contributed by atoms with Crippen LogP contribution in [0, 0.1) is 46.8 Å². The molecular formula is C27H38N4O. The van der Waals surface area contributed by atoms with Crippen LogP contribution in [-0.2, 0) is 11.3 Å². The fourth-order valence-electron chi connectivity index (χ4n) is 8.98. The second kappa shape index (κ2) is 7.92. The van der Waals surface area contributed by atoms with Crippen LogP contribution in [0.1, 0.15) is 78.1 Å². The number of carbonyl (C=O) groups is 1. The van der Waals surface area contributed by atoms with Crippen molar-refractivity contribution in [2.75, 3.05) is 0 Å². The van der Waals surface area contributed by atoms with Crippen molar-refractivity contribution in [2.24, 2.45) is 46.8 Å². The van der Waals surface area contributed by atoms with Crippen LogP contribution in [0.15, 0.2) is 18.5 Å². The summed E-state index contributed by atoms with van der Waals surface area (Å²) in [4.78, 5) is 19.2. The first-order chi connectivity index (χ1) is 15.6. The Kier molecular flexibility index (Phi) is 5.15. The molecule has 0 spiro atoms. The quantitative estimate of drug-likeness (QED) is 0.620. The van der Waals surface area contributed by atoms with Crippen molar-refractivity contribution in [3.05, 3.63) is 18.5 Å².